The molecule has 138 valence electrons. The van der Waals surface area contributed by atoms with Crippen molar-refractivity contribution in [2.24, 2.45) is 4.99 Å². The molecule has 3 heterocycles. The van der Waals surface area contributed by atoms with E-state index in [1.165, 1.54) is 17.2 Å². The first-order valence-corrected chi connectivity index (χ1v) is 8.31. The lowest BCUT2D eigenvalue weighted by molar-refractivity contribution is -0.0522. The molecule has 2 aliphatic heterocycles. The summed E-state index contributed by atoms with van der Waals surface area (Å²) in [7, 11) is 0. The number of hydrogen-bond donors (Lipinski definition) is 4. The molecule has 1 fully saturated rings. The molecule has 1 saturated heterocycles. The Morgan fingerprint density at radius 2 is 1.85 bits per heavy atom. The Hall–Kier alpha value is -2.30. The number of hydrogen-bond acceptors (Lipinski definition) is 8. The summed E-state index contributed by atoms with van der Waals surface area (Å²) in [6.45, 7) is 0.0496. The van der Waals surface area contributed by atoms with Crippen LogP contribution >= 0.6 is 0 Å². The van der Waals surface area contributed by atoms with E-state index in [2.05, 4.69) is 9.98 Å². The molecule has 4 rings (SSSR count). The molecule has 9 heteroatoms. The summed E-state index contributed by atoms with van der Waals surface area (Å²) in [6.07, 6.45) is -2.36. The Morgan fingerprint density at radius 1 is 1.08 bits per heavy atom. The first-order valence-electron chi connectivity index (χ1n) is 8.31. The lowest BCUT2D eigenvalue weighted by atomic mass is 10.1. The molecule has 0 aliphatic carbocycles. The smallest absolute Gasteiger partial charge is 0.175 e. The van der Waals surface area contributed by atoms with Crippen molar-refractivity contribution in [1.82, 2.24) is 14.5 Å². The van der Waals surface area contributed by atoms with Crippen LogP contribution in [-0.2, 0) is 11.3 Å². The molecule has 2 aliphatic rings. The number of ether oxygens (including phenoxy) is 1. The Bertz CT molecular complexity index is 796. The average molecular weight is 360 g/mol. The van der Waals surface area contributed by atoms with E-state index in [4.69, 9.17) is 4.74 Å². The number of aromatic nitrogens is 2. The average Bonchev–Trinajstić information content (AvgIpc) is 3.20. The Labute approximate surface area is 149 Å². The van der Waals surface area contributed by atoms with Gasteiger partial charge in [0, 0.05) is 6.54 Å². The van der Waals surface area contributed by atoms with Gasteiger partial charge in [0.05, 0.1) is 19.3 Å². The van der Waals surface area contributed by atoms with E-state index >= 15 is 0 Å². The molecule has 1 unspecified atom stereocenters. The second-order valence-electron chi connectivity index (χ2n) is 6.37. The lowest BCUT2D eigenvalue weighted by Gasteiger charge is -2.28. The van der Waals surface area contributed by atoms with Crippen LogP contribution in [0.1, 0.15) is 23.7 Å². The summed E-state index contributed by atoms with van der Waals surface area (Å²) in [5.74, 6) is 0.344. The third-order valence-electron chi connectivity index (χ3n) is 4.68. The molecule has 1 aromatic carbocycles. The Kier molecular flexibility index (Phi) is 4.47. The number of aliphatic hydroxyl groups excluding tert-OH is 4. The third-order valence-corrected chi connectivity index (χ3v) is 4.68. The minimum absolute atomic E-state index is 0.334. The van der Waals surface area contributed by atoms with Gasteiger partial charge in [-0.15, -0.1) is 0 Å². The first kappa shape index (κ1) is 17.1. The minimum atomic E-state index is -1.24. The highest BCUT2D eigenvalue weighted by Crippen LogP contribution is 2.37. The topological polar surface area (TPSA) is 124 Å². The van der Waals surface area contributed by atoms with Crippen molar-refractivity contribution >= 4 is 12.2 Å². The molecule has 2 aromatic rings. The highest BCUT2D eigenvalue weighted by Gasteiger charge is 2.44. The zero-order chi connectivity index (χ0) is 18.3. The highest BCUT2D eigenvalue weighted by molar-refractivity contribution is 5.65. The predicted octanol–water partition coefficient (Wildman–Crippen LogP) is -0.339. The minimum Gasteiger partial charge on any atom is -0.394 e. The van der Waals surface area contributed by atoms with Crippen molar-refractivity contribution < 1.29 is 25.2 Å². The quantitative estimate of drug-likeness (QED) is 0.588. The summed E-state index contributed by atoms with van der Waals surface area (Å²) in [4.78, 5) is 10.2. The standard InChI is InChI=1S/C17H20N4O5/c22-7-11-13(23)14(24)17(26-11)21-9-18-12-15(21)19-8-20(16(12)25)6-10-4-2-1-3-5-10/h1-5,8-9,11,13-14,16-17,22-25H,6-7H2/t11-,13-,14-,16?,17-/m0/s1. The number of imidazole rings is 1. The van der Waals surface area contributed by atoms with Crippen LogP contribution in [0.15, 0.2) is 41.7 Å². The van der Waals surface area contributed by atoms with Gasteiger partial charge in [0.2, 0.25) is 0 Å². The van der Waals surface area contributed by atoms with Crippen LogP contribution < -0.4 is 0 Å². The fraction of sp³-hybridized carbons (Fsp3) is 0.412. The molecule has 0 amide bonds. The summed E-state index contributed by atoms with van der Waals surface area (Å²) in [6, 6.07) is 9.67. The number of aliphatic imine (C=N–C) groups is 1. The number of benzene rings is 1. The maximum Gasteiger partial charge on any atom is 0.175 e. The van der Waals surface area contributed by atoms with Crippen LogP contribution in [0.3, 0.4) is 0 Å². The summed E-state index contributed by atoms with van der Waals surface area (Å²) < 4.78 is 6.96. The van der Waals surface area contributed by atoms with Crippen molar-refractivity contribution in [2.75, 3.05) is 6.61 Å². The predicted molar refractivity (Wildman–Crippen MR) is 90.3 cm³/mol. The molecule has 0 bridgehead atoms. The van der Waals surface area contributed by atoms with Gasteiger partial charge >= 0.3 is 0 Å². The van der Waals surface area contributed by atoms with Crippen LogP contribution in [-0.4, -0.2) is 66.1 Å². The molecule has 1 aromatic heterocycles. The molecule has 0 spiro atoms. The summed E-state index contributed by atoms with van der Waals surface area (Å²) in [5.41, 5.74) is 1.35. The van der Waals surface area contributed by atoms with Crippen LogP contribution in [0, 0.1) is 0 Å². The van der Waals surface area contributed by atoms with Crippen LogP contribution in [0.25, 0.3) is 0 Å². The van der Waals surface area contributed by atoms with Crippen molar-refractivity contribution in [3.8, 4) is 0 Å². The third kappa shape index (κ3) is 2.79. The second-order valence-corrected chi connectivity index (χ2v) is 6.37. The van der Waals surface area contributed by atoms with Crippen LogP contribution in [0.4, 0.5) is 5.82 Å². The van der Waals surface area contributed by atoms with E-state index < -0.39 is 37.4 Å². The monoisotopic (exact) mass is 360 g/mol. The van der Waals surface area contributed by atoms with E-state index in [-0.39, 0.29) is 0 Å². The van der Waals surface area contributed by atoms with E-state index in [1.54, 1.807) is 4.90 Å². The fourth-order valence-corrected chi connectivity index (χ4v) is 3.25. The molecule has 9 nitrogen and oxygen atoms in total. The van der Waals surface area contributed by atoms with E-state index in [0.717, 1.165) is 5.56 Å². The van der Waals surface area contributed by atoms with Gasteiger partial charge in [-0.05, 0) is 5.56 Å². The maximum atomic E-state index is 10.6. The van der Waals surface area contributed by atoms with E-state index in [1.807, 2.05) is 30.3 Å². The number of fused-ring (bicyclic) bond motifs is 1. The van der Waals surface area contributed by atoms with Crippen LogP contribution in [0.5, 0.6) is 0 Å². The molecule has 5 atom stereocenters. The van der Waals surface area contributed by atoms with E-state index in [9.17, 15) is 20.4 Å². The van der Waals surface area contributed by atoms with Crippen molar-refractivity contribution in [1.29, 1.82) is 0 Å². The van der Waals surface area contributed by atoms with Gasteiger partial charge in [-0.2, -0.15) is 0 Å². The zero-order valence-corrected chi connectivity index (χ0v) is 13.8. The summed E-state index contributed by atoms with van der Waals surface area (Å²) in [5, 5.41) is 40.0. The number of nitrogens with zero attached hydrogens (tertiary/aromatic N) is 4. The van der Waals surface area contributed by atoms with Crippen molar-refractivity contribution in [3.63, 3.8) is 0 Å². The van der Waals surface area contributed by atoms with Gasteiger partial charge in [0.1, 0.15) is 24.0 Å². The first-order chi connectivity index (χ1) is 12.6. The van der Waals surface area contributed by atoms with Gasteiger partial charge in [0.25, 0.3) is 0 Å². The Morgan fingerprint density at radius 3 is 2.54 bits per heavy atom. The SMILES string of the molecule is OC[C@@H]1O[C@H](n2cnc3c2N=CN(Cc2ccccc2)C3O)[C@@H](O)[C@H]1O. The second kappa shape index (κ2) is 6.78. The lowest BCUT2D eigenvalue weighted by Crippen LogP contribution is -2.33. The Balaban J connectivity index is 1.58. The van der Waals surface area contributed by atoms with Gasteiger partial charge in [-0.1, -0.05) is 30.3 Å². The van der Waals surface area contributed by atoms with Gasteiger partial charge in [-0.25, -0.2) is 9.98 Å². The van der Waals surface area contributed by atoms with Crippen molar-refractivity contribution in [2.45, 2.75) is 37.3 Å². The van der Waals surface area contributed by atoms with Crippen molar-refractivity contribution in [3.05, 3.63) is 47.9 Å². The normalized spacial score (nSPS) is 30.6. The van der Waals surface area contributed by atoms with Gasteiger partial charge in [0.15, 0.2) is 18.3 Å². The highest BCUT2D eigenvalue weighted by atomic mass is 16.6. The molecule has 0 radical (unpaired) electrons. The number of aliphatic hydroxyl groups is 4. The van der Waals surface area contributed by atoms with Crippen LogP contribution in [0.2, 0.25) is 0 Å². The summed E-state index contributed by atoms with van der Waals surface area (Å²) >= 11 is 0. The van der Waals surface area contributed by atoms with E-state index in [0.29, 0.717) is 18.1 Å². The molecular weight excluding hydrogens is 340 g/mol. The fourth-order valence-electron chi connectivity index (χ4n) is 3.25. The van der Waals surface area contributed by atoms with Gasteiger partial charge in [-0.3, -0.25) is 4.57 Å². The largest absolute Gasteiger partial charge is 0.394 e. The van der Waals surface area contributed by atoms with Gasteiger partial charge < -0.3 is 30.1 Å². The molecular formula is C17H20N4O5. The molecule has 26 heavy (non-hydrogen) atoms. The molecule has 4 N–H and O–H groups in total. The zero-order valence-electron chi connectivity index (χ0n) is 13.8. The maximum absolute atomic E-state index is 10.6. The molecule has 0 saturated carbocycles. The number of rotatable bonds is 4.